The minimum absolute atomic E-state index is 0.172. The normalized spacial score (nSPS) is 26.7. The smallest absolute Gasteiger partial charge is 0.129 e. The Balaban J connectivity index is 1.17. The number of hydrogen-bond donors (Lipinski definition) is 0. The van der Waals surface area contributed by atoms with E-state index in [1.807, 2.05) is 6.33 Å². The maximum absolute atomic E-state index is 15.4. The second kappa shape index (κ2) is 7.60. The maximum atomic E-state index is 15.4. The summed E-state index contributed by atoms with van der Waals surface area (Å²) in [7, 11) is 0. The van der Waals surface area contributed by atoms with Crippen molar-refractivity contribution in [3.05, 3.63) is 83.2 Å². The van der Waals surface area contributed by atoms with Crippen LogP contribution in [0.5, 0.6) is 0 Å². The van der Waals surface area contributed by atoms with Gasteiger partial charge in [0.05, 0.1) is 12.0 Å². The molecule has 0 N–H and O–H groups in total. The summed E-state index contributed by atoms with van der Waals surface area (Å²) in [6.07, 6.45) is 8.03. The predicted octanol–water partition coefficient (Wildman–Crippen LogP) is 6.85. The molecule has 178 valence electrons. The summed E-state index contributed by atoms with van der Waals surface area (Å²) >= 11 is 5.45. The van der Waals surface area contributed by atoms with E-state index in [2.05, 4.69) is 58.3 Å². The van der Waals surface area contributed by atoms with Crippen LogP contribution in [0.2, 0.25) is 0 Å². The standard InChI is InChI=1S/C30H30FN3S/c1-3-19-13-30(14-25(19)30)22-8-6-20(7-9-22)21-11-23-18(2)34(15-24(23)26(31)12-21)28(16-35)29-27-5-4-10-33(27)17-32-29/h6-9,11-12,16-17,19,25,28H,2-5,10,13-15H2,1H3. The first-order valence-electron chi connectivity index (χ1n) is 12.9. The van der Waals surface area contributed by atoms with Crippen LogP contribution >= 0.6 is 12.2 Å². The molecule has 0 spiro atoms. The summed E-state index contributed by atoms with van der Waals surface area (Å²) < 4.78 is 17.6. The van der Waals surface area contributed by atoms with Crippen LogP contribution in [0.15, 0.2) is 49.3 Å². The number of aromatic nitrogens is 2. The molecule has 2 aliphatic heterocycles. The Bertz CT molecular complexity index is 1370. The van der Waals surface area contributed by atoms with Gasteiger partial charge in [0.15, 0.2) is 0 Å². The Labute approximate surface area is 211 Å². The lowest BCUT2D eigenvalue weighted by Gasteiger charge is -2.34. The second-order valence-corrected chi connectivity index (χ2v) is 11.2. The minimum atomic E-state index is -0.179. The molecule has 1 aromatic heterocycles. The van der Waals surface area contributed by atoms with E-state index >= 15 is 4.39 Å². The molecule has 2 aliphatic carbocycles. The number of benzene rings is 2. The first kappa shape index (κ1) is 21.5. The van der Waals surface area contributed by atoms with E-state index in [-0.39, 0.29) is 11.9 Å². The molecule has 5 heteroatoms. The van der Waals surface area contributed by atoms with Gasteiger partial charge >= 0.3 is 0 Å². The van der Waals surface area contributed by atoms with E-state index in [1.165, 1.54) is 30.5 Å². The molecule has 4 unspecified atom stereocenters. The van der Waals surface area contributed by atoms with E-state index < -0.39 is 0 Å². The topological polar surface area (TPSA) is 21.1 Å². The molecular formula is C30H30FN3S. The largest absolute Gasteiger partial charge is 0.354 e. The van der Waals surface area contributed by atoms with Gasteiger partial charge in [-0.25, -0.2) is 9.37 Å². The Kier molecular flexibility index (Phi) is 4.67. The van der Waals surface area contributed by atoms with Crippen molar-refractivity contribution in [2.24, 2.45) is 11.8 Å². The van der Waals surface area contributed by atoms with Crippen LogP contribution in [0.4, 0.5) is 4.39 Å². The number of hydrogen-bond acceptors (Lipinski definition) is 3. The van der Waals surface area contributed by atoms with Crippen LogP contribution in [-0.4, -0.2) is 19.8 Å². The van der Waals surface area contributed by atoms with Crippen LogP contribution < -0.4 is 0 Å². The maximum Gasteiger partial charge on any atom is 0.129 e. The van der Waals surface area contributed by atoms with Crippen LogP contribution in [0.3, 0.4) is 0 Å². The van der Waals surface area contributed by atoms with Crippen LogP contribution in [-0.2, 0) is 24.9 Å². The summed E-state index contributed by atoms with van der Waals surface area (Å²) in [6.45, 7) is 8.15. The fourth-order valence-corrected chi connectivity index (χ4v) is 7.53. The zero-order valence-electron chi connectivity index (χ0n) is 20.1. The van der Waals surface area contributed by atoms with Crippen molar-refractivity contribution in [3.8, 4) is 11.1 Å². The van der Waals surface area contributed by atoms with Gasteiger partial charge in [-0.3, -0.25) is 0 Å². The highest BCUT2D eigenvalue weighted by Crippen LogP contribution is 2.71. The number of aryl methyl sites for hydroxylation is 1. The highest BCUT2D eigenvalue weighted by atomic mass is 32.1. The van der Waals surface area contributed by atoms with E-state index in [4.69, 9.17) is 12.2 Å². The van der Waals surface area contributed by atoms with E-state index in [0.717, 1.165) is 59.3 Å². The van der Waals surface area contributed by atoms with Gasteiger partial charge in [-0.1, -0.05) is 56.4 Å². The van der Waals surface area contributed by atoms with Crippen molar-refractivity contribution in [1.29, 1.82) is 0 Å². The highest BCUT2D eigenvalue weighted by Gasteiger charge is 2.66. The van der Waals surface area contributed by atoms with Crippen LogP contribution in [0, 0.1) is 17.7 Å². The molecule has 0 amide bonds. The zero-order chi connectivity index (χ0) is 23.9. The lowest BCUT2D eigenvalue weighted by molar-refractivity contribution is 0.241. The Hall–Kier alpha value is -2.79. The molecule has 3 nitrogen and oxygen atoms in total. The van der Waals surface area contributed by atoms with Gasteiger partial charge in [0, 0.05) is 41.0 Å². The van der Waals surface area contributed by atoms with Gasteiger partial charge in [0.2, 0.25) is 0 Å². The van der Waals surface area contributed by atoms with Crippen LogP contribution in [0.25, 0.3) is 16.8 Å². The van der Waals surface area contributed by atoms with Gasteiger partial charge in [-0.2, -0.15) is 0 Å². The molecule has 2 saturated carbocycles. The predicted molar refractivity (Wildman–Crippen MR) is 142 cm³/mol. The van der Waals surface area contributed by atoms with Crippen molar-refractivity contribution >= 4 is 23.3 Å². The fraction of sp³-hybridized carbons (Fsp3) is 0.400. The van der Waals surface area contributed by atoms with Gasteiger partial charge in [-0.15, -0.1) is 0 Å². The molecule has 2 aromatic carbocycles. The van der Waals surface area contributed by atoms with Gasteiger partial charge in [0.25, 0.3) is 0 Å². The Morgan fingerprint density at radius 3 is 2.80 bits per heavy atom. The number of nitrogens with zero attached hydrogens (tertiary/aromatic N) is 3. The molecule has 0 saturated heterocycles. The van der Waals surface area contributed by atoms with Gasteiger partial charge in [0.1, 0.15) is 11.9 Å². The lowest BCUT2D eigenvalue weighted by atomic mass is 9.70. The lowest BCUT2D eigenvalue weighted by Crippen LogP contribution is -2.29. The third-order valence-corrected chi connectivity index (χ3v) is 9.62. The average Bonchev–Trinajstić information content (AvgIpc) is 3.26. The van der Waals surface area contributed by atoms with Crippen molar-refractivity contribution in [3.63, 3.8) is 0 Å². The quantitative estimate of drug-likeness (QED) is 0.358. The number of rotatable bonds is 6. The SMILES string of the molecule is C=C1c2cc(-c3ccc(C45CC(CC)C4C5)cc3)cc(F)c2CN1C(C=S)c1ncn2c1CCC2. The highest BCUT2D eigenvalue weighted by molar-refractivity contribution is 7.79. The van der Waals surface area contributed by atoms with Crippen LogP contribution in [0.1, 0.15) is 66.7 Å². The summed E-state index contributed by atoms with van der Waals surface area (Å²) in [4.78, 5) is 6.79. The first-order valence-corrected chi connectivity index (χ1v) is 13.4. The third-order valence-electron chi connectivity index (χ3n) is 9.36. The molecule has 2 fully saturated rings. The molecule has 3 heterocycles. The molecule has 7 rings (SSSR count). The van der Waals surface area contributed by atoms with Crippen molar-refractivity contribution in [2.45, 2.75) is 63.6 Å². The molecule has 0 radical (unpaired) electrons. The van der Waals surface area contributed by atoms with Gasteiger partial charge < -0.3 is 9.47 Å². The molecule has 4 atom stereocenters. The minimum Gasteiger partial charge on any atom is -0.354 e. The molecular weight excluding hydrogens is 453 g/mol. The number of thiocarbonyl (C=S) groups is 1. The monoisotopic (exact) mass is 483 g/mol. The number of imidazole rings is 1. The summed E-state index contributed by atoms with van der Waals surface area (Å²) in [5.41, 5.74) is 8.51. The number of fused-ring (bicyclic) bond motifs is 3. The molecule has 3 aromatic rings. The molecule has 0 bridgehead atoms. The van der Waals surface area contributed by atoms with E-state index in [9.17, 15) is 0 Å². The third kappa shape index (κ3) is 3.00. The first-order chi connectivity index (χ1) is 17.0. The Morgan fingerprint density at radius 1 is 1.23 bits per heavy atom. The molecule has 4 aliphatic rings. The number of halogens is 1. The van der Waals surface area contributed by atoms with Gasteiger partial charge in [-0.05, 0) is 71.8 Å². The fourth-order valence-electron chi connectivity index (χ4n) is 7.25. The van der Waals surface area contributed by atoms with Crippen molar-refractivity contribution in [1.82, 2.24) is 14.5 Å². The van der Waals surface area contributed by atoms with E-state index in [0.29, 0.717) is 17.5 Å². The van der Waals surface area contributed by atoms with Crippen molar-refractivity contribution in [2.75, 3.05) is 0 Å². The zero-order valence-corrected chi connectivity index (χ0v) is 21.0. The summed E-state index contributed by atoms with van der Waals surface area (Å²) in [6, 6.07) is 12.5. The Morgan fingerprint density at radius 2 is 2.06 bits per heavy atom. The molecule has 35 heavy (non-hydrogen) atoms. The van der Waals surface area contributed by atoms with E-state index in [1.54, 1.807) is 11.4 Å². The second-order valence-electron chi connectivity index (χ2n) is 10.9. The summed E-state index contributed by atoms with van der Waals surface area (Å²) in [5.74, 6) is 1.62. The van der Waals surface area contributed by atoms with Crippen molar-refractivity contribution < 1.29 is 4.39 Å². The summed E-state index contributed by atoms with van der Waals surface area (Å²) in [5, 5.41) is 1.75. The average molecular weight is 484 g/mol.